The van der Waals surface area contributed by atoms with E-state index in [9.17, 15) is 4.79 Å². The highest BCUT2D eigenvalue weighted by atomic mass is 16.5. The van der Waals surface area contributed by atoms with E-state index in [1.807, 2.05) is 36.7 Å². The lowest BCUT2D eigenvalue weighted by Crippen LogP contribution is -2.25. The number of aromatic nitrogens is 2. The Balaban J connectivity index is 1.11. The van der Waals surface area contributed by atoms with Crippen LogP contribution in [0.1, 0.15) is 154 Å². The van der Waals surface area contributed by atoms with Crippen molar-refractivity contribution in [3.8, 4) is 17.1 Å². The quantitative estimate of drug-likeness (QED) is 0.0987. The van der Waals surface area contributed by atoms with Crippen molar-refractivity contribution in [1.29, 1.82) is 0 Å². The Bertz CT molecular complexity index is 1020. The summed E-state index contributed by atoms with van der Waals surface area (Å²) in [5.74, 6) is 3.96. The Morgan fingerprint density at radius 1 is 0.651 bits per heavy atom. The smallest absolute Gasteiger partial charge is 0.314 e. The summed E-state index contributed by atoms with van der Waals surface area (Å²) in [7, 11) is 0. The highest BCUT2D eigenvalue weighted by molar-refractivity contribution is 5.75. The van der Waals surface area contributed by atoms with E-state index in [4.69, 9.17) is 4.74 Å². The lowest BCUT2D eigenvalue weighted by molar-refractivity contribution is -0.140. The molecule has 1 aromatic carbocycles. The van der Waals surface area contributed by atoms with Gasteiger partial charge < -0.3 is 4.74 Å². The van der Waals surface area contributed by atoms with Gasteiger partial charge in [-0.1, -0.05) is 117 Å². The van der Waals surface area contributed by atoms with Crippen molar-refractivity contribution in [2.24, 2.45) is 23.7 Å². The van der Waals surface area contributed by atoms with E-state index >= 15 is 0 Å². The van der Waals surface area contributed by atoms with Crippen LogP contribution in [0.15, 0.2) is 36.7 Å². The molecule has 2 saturated carbocycles. The van der Waals surface area contributed by atoms with Gasteiger partial charge in [0.2, 0.25) is 0 Å². The molecule has 0 atom stereocenters. The molecule has 43 heavy (non-hydrogen) atoms. The largest absolute Gasteiger partial charge is 0.426 e. The maximum Gasteiger partial charge on any atom is 0.314 e. The lowest BCUT2D eigenvalue weighted by Gasteiger charge is -2.28. The van der Waals surface area contributed by atoms with Crippen LogP contribution in [0.2, 0.25) is 0 Å². The van der Waals surface area contributed by atoms with E-state index in [2.05, 4.69) is 23.8 Å². The van der Waals surface area contributed by atoms with Gasteiger partial charge in [0.05, 0.1) is 5.92 Å². The third-order valence-electron chi connectivity index (χ3n) is 10.5. The molecular formula is C39H60N2O2. The number of hydrogen-bond acceptors (Lipinski definition) is 4. The minimum Gasteiger partial charge on any atom is -0.426 e. The van der Waals surface area contributed by atoms with Crippen LogP contribution in [0.5, 0.6) is 5.75 Å². The van der Waals surface area contributed by atoms with Crippen LogP contribution < -0.4 is 4.74 Å². The number of benzene rings is 1. The van der Waals surface area contributed by atoms with Gasteiger partial charge in [-0.2, -0.15) is 0 Å². The van der Waals surface area contributed by atoms with Gasteiger partial charge >= 0.3 is 5.97 Å². The number of esters is 1. The Hall–Kier alpha value is -2.23. The molecule has 2 aromatic rings. The summed E-state index contributed by atoms with van der Waals surface area (Å²) >= 11 is 0. The molecule has 0 N–H and O–H groups in total. The molecule has 238 valence electrons. The fraction of sp³-hybridized carbons (Fsp3) is 0.718. The number of unbranched alkanes of at least 4 members (excludes halogenated alkanes) is 8. The van der Waals surface area contributed by atoms with Crippen LogP contribution in [-0.2, 0) is 11.2 Å². The molecular weight excluding hydrogens is 528 g/mol. The van der Waals surface area contributed by atoms with Crippen molar-refractivity contribution >= 4 is 5.97 Å². The molecule has 1 heterocycles. The van der Waals surface area contributed by atoms with E-state index in [-0.39, 0.29) is 11.9 Å². The summed E-state index contributed by atoms with van der Waals surface area (Å²) in [5.41, 5.74) is 2.19. The van der Waals surface area contributed by atoms with E-state index in [0.717, 1.165) is 61.2 Å². The summed E-state index contributed by atoms with van der Waals surface area (Å²) in [5, 5.41) is 0. The number of carbonyl (C=O) groups is 1. The average molecular weight is 589 g/mol. The number of aryl methyl sites for hydroxylation is 1. The van der Waals surface area contributed by atoms with Crippen molar-refractivity contribution < 1.29 is 9.53 Å². The van der Waals surface area contributed by atoms with Crippen LogP contribution in [0.3, 0.4) is 0 Å². The molecule has 0 bridgehead atoms. The zero-order chi connectivity index (χ0) is 30.1. The molecule has 0 aliphatic heterocycles. The van der Waals surface area contributed by atoms with Crippen molar-refractivity contribution in [2.75, 3.05) is 0 Å². The van der Waals surface area contributed by atoms with Gasteiger partial charge in [-0.3, -0.25) is 4.79 Å². The van der Waals surface area contributed by atoms with Gasteiger partial charge in [0.15, 0.2) is 5.82 Å². The minimum atomic E-state index is -0.0676. The molecule has 1 aromatic heterocycles. The van der Waals surface area contributed by atoms with Gasteiger partial charge in [0.25, 0.3) is 0 Å². The lowest BCUT2D eigenvalue weighted by atomic mass is 9.78. The first-order valence-electron chi connectivity index (χ1n) is 18.3. The first kappa shape index (κ1) is 33.7. The van der Waals surface area contributed by atoms with Gasteiger partial charge in [-0.25, -0.2) is 9.97 Å². The number of nitrogens with zero attached hydrogens (tertiary/aromatic N) is 2. The maximum absolute atomic E-state index is 12.8. The predicted octanol–water partition coefficient (Wildman–Crippen LogP) is 11.3. The highest BCUT2D eigenvalue weighted by Gasteiger charge is 2.27. The summed E-state index contributed by atoms with van der Waals surface area (Å²) in [6.45, 7) is 4.55. The molecule has 0 spiro atoms. The molecule has 2 aliphatic rings. The first-order chi connectivity index (χ1) is 21.1. The van der Waals surface area contributed by atoms with E-state index in [0.29, 0.717) is 5.75 Å². The van der Waals surface area contributed by atoms with Crippen molar-refractivity contribution in [3.05, 3.63) is 42.2 Å². The summed E-state index contributed by atoms with van der Waals surface area (Å²) in [4.78, 5) is 22.1. The summed E-state index contributed by atoms with van der Waals surface area (Å²) in [6.07, 6.45) is 32.9. The fourth-order valence-electron chi connectivity index (χ4n) is 7.44. The topological polar surface area (TPSA) is 52.1 Å². The number of ether oxygens (including phenoxy) is 1. The Morgan fingerprint density at radius 2 is 1.14 bits per heavy atom. The van der Waals surface area contributed by atoms with Crippen LogP contribution >= 0.6 is 0 Å². The molecule has 4 heteroatoms. The monoisotopic (exact) mass is 588 g/mol. The molecule has 0 saturated heterocycles. The fourth-order valence-corrected chi connectivity index (χ4v) is 7.44. The second kappa shape index (κ2) is 19.2. The standard InChI is InChI=1S/C39H60N2O2/c1-3-5-7-8-9-10-12-14-31-15-17-33(18-16-31)19-20-34-29-40-38(41-30-34)35-25-27-37(28-26-35)43-39(42)36-23-21-32(22-24-36)13-11-6-4-2/h25-33,36H,3-24H2,1-2H3/t31-,32?,33-,36?. The third-order valence-corrected chi connectivity index (χ3v) is 10.5. The highest BCUT2D eigenvalue weighted by Crippen LogP contribution is 2.35. The van der Waals surface area contributed by atoms with E-state index in [1.165, 1.54) is 115 Å². The van der Waals surface area contributed by atoms with Crippen LogP contribution in [-0.4, -0.2) is 15.9 Å². The zero-order valence-corrected chi connectivity index (χ0v) is 27.5. The first-order valence-corrected chi connectivity index (χ1v) is 18.3. The maximum atomic E-state index is 12.8. The Labute approximate surface area is 263 Å². The SMILES string of the molecule is CCCCCCCCC[C@H]1CC[C@H](CCc2cnc(-c3ccc(OC(=O)C4CCC(CCCCC)CC4)cc3)nc2)CC1. The number of rotatable bonds is 18. The predicted molar refractivity (Wildman–Crippen MR) is 179 cm³/mol. The summed E-state index contributed by atoms with van der Waals surface area (Å²) < 4.78 is 5.75. The second-order valence-corrected chi connectivity index (χ2v) is 13.9. The van der Waals surface area contributed by atoms with E-state index in [1.54, 1.807) is 0 Å². The van der Waals surface area contributed by atoms with Gasteiger partial charge in [0.1, 0.15) is 5.75 Å². The number of carbonyl (C=O) groups excluding carboxylic acids is 1. The molecule has 0 radical (unpaired) electrons. The molecule has 2 aliphatic carbocycles. The van der Waals surface area contributed by atoms with Gasteiger partial charge in [-0.05, 0) is 86.1 Å². The van der Waals surface area contributed by atoms with Crippen molar-refractivity contribution in [2.45, 2.75) is 155 Å². The molecule has 0 amide bonds. The third kappa shape index (κ3) is 12.0. The zero-order valence-electron chi connectivity index (χ0n) is 27.5. The molecule has 4 rings (SSSR count). The molecule has 2 fully saturated rings. The summed E-state index contributed by atoms with van der Waals surface area (Å²) in [6, 6.07) is 7.69. The van der Waals surface area contributed by atoms with Gasteiger partial charge in [0, 0.05) is 18.0 Å². The average Bonchev–Trinajstić information content (AvgIpc) is 3.05. The van der Waals surface area contributed by atoms with E-state index < -0.39 is 0 Å². The van der Waals surface area contributed by atoms with Crippen molar-refractivity contribution in [1.82, 2.24) is 9.97 Å². The molecule has 4 nitrogen and oxygen atoms in total. The number of hydrogen-bond donors (Lipinski definition) is 0. The van der Waals surface area contributed by atoms with Crippen molar-refractivity contribution in [3.63, 3.8) is 0 Å². The minimum absolute atomic E-state index is 0.0444. The normalized spacial score (nSPS) is 22.4. The van der Waals surface area contributed by atoms with Crippen LogP contribution in [0, 0.1) is 23.7 Å². The van der Waals surface area contributed by atoms with Crippen LogP contribution in [0.25, 0.3) is 11.4 Å². The molecule has 0 unspecified atom stereocenters. The van der Waals surface area contributed by atoms with Gasteiger partial charge in [-0.15, -0.1) is 0 Å². The Kier molecular flexibility index (Phi) is 15.0. The second-order valence-electron chi connectivity index (χ2n) is 13.9. The Morgan fingerprint density at radius 3 is 1.74 bits per heavy atom. The van der Waals surface area contributed by atoms with Crippen LogP contribution in [0.4, 0.5) is 0 Å².